The minimum atomic E-state index is -2.40. The average molecular weight is 513 g/mol. The molecule has 2 atom stereocenters. The second-order valence-corrected chi connectivity index (χ2v) is 7.59. The van der Waals surface area contributed by atoms with Crippen LogP contribution in [0.2, 0.25) is 0 Å². The number of phenols is 2. The lowest BCUT2D eigenvalue weighted by molar-refractivity contribution is -0.176. The van der Waals surface area contributed by atoms with Crippen molar-refractivity contribution in [3.05, 3.63) is 89.5 Å². The molecule has 1 heterocycles. The van der Waals surface area contributed by atoms with Gasteiger partial charge in [-0.2, -0.15) is 0 Å². The molecule has 11 nitrogen and oxygen atoms in total. The van der Waals surface area contributed by atoms with Crippen LogP contribution in [0.5, 0.6) is 11.5 Å². The molecule has 0 saturated heterocycles. The molecule has 0 amide bonds. The number of rotatable bonds is 10. The number of esters is 2. The molecule has 37 heavy (non-hydrogen) atoms. The highest BCUT2D eigenvalue weighted by molar-refractivity contribution is 5.94. The monoisotopic (exact) mass is 513 g/mol. The van der Waals surface area contributed by atoms with Crippen molar-refractivity contribution in [3.8, 4) is 11.5 Å². The van der Waals surface area contributed by atoms with Crippen LogP contribution in [0.25, 0.3) is 6.08 Å². The van der Waals surface area contributed by atoms with E-state index in [2.05, 4.69) is 0 Å². The molecular weight excluding hydrogens is 493 g/mol. The Balaban J connectivity index is 1.74. The topological polar surface area (TPSA) is 173 Å². The first-order valence-corrected chi connectivity index (χ1v) is 10.5. The van der Waals surface area contributed by atoms with Crippen molar-refractivity contribution in [2.24, 2.45) is 0 Å². The summed E-state index contributed by atoms with van der Waals surface area (Å²) < 4.78 is 24.2. The fourth-order valence-electron chi connectivity index (χ4n) is 3.16. The molecular formula is C25H20FNO10. The minimum Gasteiger partial charge on any atom is -0.504 e. The molecule has 0 aliphatic carbocycles. The number of hydrogen-bond donors (Lipinski definition) is 4. The number of carbonyl (C=O) groups excluding carboxylic acids is 2. The summed E-state index contributed by atoms with van der Waals surface area (Å²) in [6.45, 7) is 0.102. The number of ether oxygens (including phenoxy) is 2. The van der Waals surface area contributed by atoms with Crippen molar-refractivity contribution in [3.63, 3.8) is 0 Å². The zero-order valence-electron chi connectivity index (χ0n) is 18.9. The summed E-state index contributed by atoms with van der Waals surface area (Å²) in [5.41, 5.74) is 0.729. The van der Waals surface area contributed by atoms with Gasteiger partial charge in [0.15, 0.2) is 11.5 Å². The van der Waals surface area contributed by atoms with Crippen molar-refractivity contribution >= 4 is 30.0 Å². The predicted molar refractivity (Wildman–Crippen MR) is 123 cm³/mol. The largest absolute Gasteiger partial charge is 0.504 e. The van der Waals surface area contributed by atoms with E-state index in [0.29, 0.717) is 5.56 Å². The van der Waals surface area contributed by atoms with E-state index in [-0.39, 0.29) is 17.8 Å². The first kappa shape index (κ1) is 26.5. The van der Waals surface area contributed by atoms with Gasteiger partial charge in [-0.05, 0) is 53.6 Å². The fraction of sp³-hybridized carbons (Fsp3) is 0.120. The van der Waals surface area contributed by atoms with Crippen molar-refractivity contribution in [1.29, 1.82) is 0 Å². The van der Waals surface area contributed by atoms with Crippen molar-refractivity contribution in [2.45, 2.75) is 18.8 Å². The lowest BCUT2D eigenvalue weighted by Crippen LogP contribution is -2.45. The van der Waals surface area contributed by atoms with Crippen LogP contribution in [0.1, 0.15) is 21.6 Å². The van der Waals surface area contributed by atoms with Gasteiger partial charge < -0.3 is 34.5 Å². The summed E-state index contributed by atoms with van der Waals surface area (Å²) in [7, 11) is 0. The van der Waals surface area contributed by atoms with Gasteiger partial charge in [0.2, 0.25) is 12.2 Å². The third kappa shape index (κ3) is 6.94. The Kier molecular flexibility index (Phi) is 8.25. The Labute approximate surface area is 208 Å². The zero-order valence-corrected chi connectivity index (χ0v) is 18.9. The van der Waals surface area contributed by atoms with Gasteiger partial charge in [0, 0.05) is 18.8 Å². The first-order valence-electron chi connectivity index (χ1n) is 10.5. The summed E-state index contributed by atoms with van der Waals surface area (Å²) in [5, 5.41) is 37.8. The SMILES string of the molecule is O=C(/C=C/c1ccc(O)c(O)c1)O[C@@H](C(=O)O)[C@@H](OC(=O)c1cccn1Cc1ccc(F)cc1)C(=O)O. The summed E-state index contributed by atoms with van der Waals surface area (Å²) in [6.07, 6.45) is -1.43. The van der Waals surface area contributed by atoms with Crippen LogP contribution in [0.15, 0.2) is 66.9 Å². The number of benzene rings is 2. The zero-order chi connectivity index (χ0) is 27.1. The summed E-state index contributed by atoms with van der Waals surface area (Å²) >= 11 is 0. The van der Waals surface area contributed by atoms with Gasteiger partial charge in [-0.25, -0.2) is 23.6 Å². The van der Waals surface area contributed by atoms with E-state index in [4.69, 9.17) is 9.47 Å². The molecule has 0 aliphatic rings. The highest BCUT2D eigenvalue weighted by Gasteiger charge is 2.40. The van der Waals surface area contributed by atoms with E-state index in [1.54, 1.807) is 0 Å². The Morgan fingerprint density at radius 3 is 2.16 bits per heavy atom. The normalized spacial score (nSPS) is 12.6. The van der Waals surface area contributed by atoms with Gasteiger partial charge in [0.05, 0.1) is 0 Å². The lowest BCUT2D eigenvalue weighted by atomic mass is 10.2. The maximum absolute atomic E-state index is 13.1. The van der Waals surface area contributed by atoms with Crippen LogP contribution in [0.4, 0.5) is 4.39 Å². The summed E-state index contributed by atoms with van der Waals surface area (Å²) in [4.78, 5) is 48.3. The second kappa shape index (κ2) is 11.5. The molecule has 4 N–H and O–H groups in total. The summed E-state index contributed by atoms with van der Waals surface area (Å²) in [5.74, 6) is -7.56. The number of aliphatic carboxylic acids is 2. The quantitative estimate of drug-likeness (QED) is 0.179. The van der Waals surface area contributed by atoms with E-state index < -0.39 is 53.4 Å². The number of phenolic OH excluding ortho intramolecular Hbond substituents is 2. The average Bonchev–Trinajstić information content (AvgIpc) is 3.31. The molecule has 0 spiro atoms. The van der Waals surface area contributed by atoms with E-state index in [9.17, 15) is 44.0 Å². The molecule has 192 valence electrons. The van der Waals surface area contributed by atoms with Crippen LogP contribution >= 0.6 is 0 Å². The van der Waals surface area contributed by atoms with Crippen LogP contribution in [-0.4, -0.2) is 61.1 Å². The van der Waals surface area contributed by atoms with Crippen LogP contribution in [-0.2, 0) is 30.4 Å². The molecule has 0 aliphatic heterocycles. The van der Waals surface area contributed by atoms with Gasteiger partial charge in [0.1, 0.15) is 11.5 Å². The highest BCUT2D eigenvalue weighted by atomic mass is 19.1. The molecule has 3 aromatic rings. The number of halogens is 1. The third-order valence-corrected chi connectivity index (χ3v) is 4.96. The third-order valence-electron chi connectivity index (χ3n) is 4.96. The number of carbonyl (C=O) groups is 4. The second-order valence-electron chi connectivity index (χ2n) is 7.59. The Bertz CT molecular complexity index is 1350. The number of nitrogens with zero attached hydrogens (tertiary/aromatic N) is 1. The molecule has 0 bridgehead atoms. The van der Waals surface area contributed by atoms with Crippen LogP contribution in [0.3, 0.4) is 0 Å². The van der Waals surface area contributed by atoms with Gasteiger partial charge in [-0.15, -0.1) is 0 Å². The maximum Gasteiger partial charge on any atom is 0.355 e. The van der Waals surface area contributed by atoms with Crippen LogP contribution < -0.4 is 0 Å². The number of aromatic nitrogens is 1. The Morgan fingerprint density at radius 1 is 0.892 bits per heavy atom. The first-order chi connectivity index (χ1) is 17.5. The summed E-state index contributed by atoms with van der Waals surface area (Å²) in [6, 6.07) is 11.8. The Morgan fingerprint density at radius 2 is 1.54 bits per heavy atom. The van der Waals surface area contributed by atoms with E-state index in [1.807, 2.05) is 0 Å². The van der Waals surface area contributed by atoms with E-state index >= 15 is 0 Å². The van der Waals surface area contributed by atoms with Gasteiger partial charge in [-0.3, -0.25) is 0 Å². The molecule has 0 unspecified atom stereocenters. The highest BCUT2D eigenvalue weighted by Crippen LogP contribution is 2.25. The molecule has 2 aromatic carbocycles. The molecule has 0 fully saturated rings. The predicted octanol–water partition coefficient (Wildman–Crippen LogP) is 2.41. The van der Waals surface area contributed by atoms with E-state index in [0.717, 1.165) is 24.3 Å². The van der Waals surface area contributed by atoms with Crippen molar-refractivity contribution in [1.82, 2.24) is 4.57 Å². The molecule has 1 aromatic heterocycles. The number of aromatic hydroxyl groups is 2. The minimum absolute atomic E-state index is 0.102. The fourth-order valence-corrected chi connectivity index (χ4v) is 3.16. The van der Waals surface area contributed by atoms with Crippen molar-refractivity contribution < 1.29 is 53.5 Å². The molecule has 0 radical (unpaired) electrons. The lowest BCUT2D eigenvalue weighted by Gasteiger charge is -2.20. The maximum atomic E-state index is 13.1. The van der Waals surface area contributed by atoms with Crippen LogP contribution in [0, 0.1) is 5.82 Å². The number of carboxylic acids is 2. The standard InChI is InChI=1S/C25H20FNO10/c26-16-7-3-15(4-8-16)13-27-11-1-2-17(27)25(35)37-22(24(33)34)21(23(31)32)36-20(30)10-6-14-5-9-18(28)19(29)12-14/h1-12,21-22,28-29H,13H2,(H,31,32)(H,33,34)/b10-6+/t21-,22-/m1/s1. The molecule has 0 saturated carbocycles. The van der Waals surface area contributed by atoms with Gasteiger partial charge in [-0.1, -0.05) is 18.2 Å². The van der Waals surface area contributed by atoms with Crippen molar-refractivity contribution in [2.75, 3.05) is 0 Å². The Hall–Kier alpha value is -5.13. The molecule has 3 rings (SSSR count). The van der Waals surface area contributed by atoms with Gasteiger partial charge in [0.25, 0.3) is 0 Å². The number of hydrogen-bond acceptors (Lipinski definition) is 8. The smallest absolute Gasteiger partial charge is 0.355 e. The van der Waals surface area contributed by atoms with E-state index in [1.165, 1.54) is 53.2 Å². The van der Waals surface area contributed by atoms with Gasteiger partial charge >= 0.3 is 23.9 Å². The number of carboxylic acid groups (broad SMARTS) is 2. The molecule has 12 heteroatoms.